The molecule has 0 radical (unpaired) electrons. The first-order valence-electron chi connectivity index (χ1n) is 16.3. The largest absolute Gasteiger partial charge is 0.494 e. The lowest BCUT2D eigenvalue weighted by Gasteiger charge is -2.31. The first-order valence-corrected chi connectivity index (χ1v) is 16.7. The van der Waals surface area contributed by atoms with Crippen LogP contribution in [0.3, 0.4) is 0 Å². The number of allylic oxidation sites excluding steroid dienone is 1. The number of morpholine rings is 1. The molecule has 1 aliphatic carbocycles. The Hall–Kier alpha value is -3.40. The van der Waals surface area contributed by atoms with Crippen molar-refractivity contribution in [2.24, 2.45) is 5.10 Å². The molecule has 4 aliphatic rings. The van der Waals surface area contributed by atoms with Gasteiger partial charge in [-0.05, 0) is 62.6 Å². The van der Waals surface area contributed by atoms with E-state index >= 15 is 0 Å². The Kier molecular flexibility index (Phi) is 13.3. The Morgan fingerprint density at radius 3 is 2.60 bits per heavy atom. The summed E-state index contributed by atoms with van der Waals surface area (Å²) in [5.74, 6) is 0.648. The van der Waals surface area contributed by atoms with Crippen molar-refractivity contribution in [1.29, 1.82) is 0 Å². The number of halogens is 1. The van der Waals surface area contributed by atoms with Gasteiger partial charge in [-0.25, -0.2) is 5.01 Å². The monoisotopic (exact) mass is 637 g/mol. The van der Waals surface area contributed by atoms with E-state index in [1.54, 1.807) is 5.01 Å². The number of fused-ring (bicyclic) bond motifs is 1. The number of aryl methyl sites for hydroxylation is 1. The maximum atomic E-state index is 13.6. The highest BCUT2D eigenvalue weighted by atomic mass is 35.5. The van der Waals surface area contributed by atoms with E-state index in [-0.39, 0.29) is 30.3 Å². The molecule has 0 aromatic heterocycles. The number of amides is 2. The van der Waals surface area contributed by atoms with Crippen molar-refractivity contribution >= 4 is 29.1 Å². The minimum atomic E-state index is -0.350. The van der Waals surface area contributed by atoms with Crippen molar-refractivity contribution in [3.8, 4) is 0 Å². The number of ether oxygens (including phenoxy) is 2. The number of nitrogens with zero attached hydrogens (tertiary/aromatic N) is 3. The third kappa shape index (κ3) is 9.55. The van der Waals surface area contributed by atoms with E-state index in [2.05, 4.69) is 21.6 Å². The number of nitrogens with one attached hydrogen (secondary N) is 2. The van der Waals surface area contributed by atoms with Crippen LogP contribution in [0.1, 0.15) is 64.0 Å². The van der Waals surface area contributed by atoms with Gasteiger partial charge in [0.2, 0.25) is 11.8 Å². The molecular weight excluding hydrogens is 590 g/mol. The Bertz CT molecular complexity index is 1330. The summed E-state index contributed by atoms with van der Waals surface area (Å²) >= 11 is 6.83. The molecule has 2 amide bonds. The normalized spacial score (nSPS) is 21.1. The Labute approximate surface area is 273 Å². The zero-order chi connectivity index (χ0) is 32.2. The van der Waals surface area contributed by atoms with Crippen molar-refractivity contribution in [1.82, 2.24) is 20.5 Å². The average Bonchev–Trinajstić information content (AvgIpc) is 3.50. The predicted molar refractivity (Wildman–Crippen MR) is 180 cm³/mol. The smallest absolute Gasteiger partial charge is 0.243 e. The SMILES string of the molecule is CC.CCOC1=CC2NC(Cl)=C(C3CC(c4ccc(C)cc4)=NN3C(=O)CCCC(=O)NCCCN3CCOCC3)C=C2C=C1. The molecule has 1 fully saturated rings. The van der Waals surface area contributed by atoms with Crippen LogP contribution in [-0.2, 0) is 19.1 Å². The van der Waals surface area contributed by atoms with E-state index < -0.39 is 0 Å². The number of hydrogen-bond acceptors (Lipinski definition) is 7. The molecule has 1 saturated heterocycles. The second-order valence-electron chi connectivity index (χ2n) is 11.3. The molecule has 0 bridgehead atoms. The standard InChI is InChI=1S/C33H42ClN5O4.C2H6/c1-3-43-26-13-12-25-20-27(33(34)36-28(25)21-26)30-22-29(24-10-8-23(2)9-11-24)37-39(30)32(41)7-4-6-31(40)35-14-5-15-38-16-18-42-19-17-38;1-2/h8-13,20-21,28,30,36H,3-7,14-19,22H2,1-2H3,(H,35,40);1-2H3. The molecule has 10 heteroatoms. The summed E-state index contributed by atoms with van der Waals surface area (Å²) < 4.78 is 11.0. The molecule has 1 aromatic rings. The van der Waals surface area contributed by atoms with Gasteiger partial charge in [0.25, 0.3) is 0 Å². The van der Waals surface area contributed by atoms with Crippen LogP contribution in [0.2, 0.25) is 0 Å². The van der Waals surface area contributed by atoms with Crippen molar-refractivity contribution < 1.29 is 19.1 Å². The number of hydrazone groups is 1. The maximum absolute atomic E-state index is 13.6. The molecular formula is C35H48ClN5O4. The lowest BCUT2D eigenvalue weighted by molar-refractivity contribution is -0.132. The second kappa shape index (κ2) is 17.3. The van der Waals surface area contributed by atoms with E-state index in [4.69, 9.17) is 26.2 Å². The topological polar surface area (TPSA) is 95.5 Å². The summed E-state index contributed by atoms with van der Waals surface area (Å²) in [6, 6.07) is 7.72. The van der Waals surface area contributed by atoms with Crippen LogP contribution in [0.4, 0.5) is 0 Å². The molecule has 3 aliphatic heterocycles. The summed E-state index contributed by atoms with van der Waals surface area (Å²) in [6.07, 6.45) is 10.5. The Morgan fingerprint density at radius 2 is 1.87 bits per heavy atom. The molecule has 0 saturated carbocycles. The van der Waals surface area contributed by atoms with Gasteiger partial charge < -0.3 is 20.1 Å². The van der Waals surface area contributed by atoms with Crippen LogP contribution in [0.25, 0.3) is 0 Å². The summed E-state index contributed by atoms with van der Waals surface area (Å²) in [6.45, 7) is 13.6. The number of carbonyl (C=O) groups excluding carboxylic acids is 2. The molecule has 244 valence electrons. The van der Waals surface area contributed by atoms with Crippen LogP contribution in [0, 0.1) is 6.92 Å². The van der Waals surface area contributed by atoms with Gasteiger partial charge in [0.15, 0.2) is 0 Å². The van der Waals surface area contributed by atoms with Gasteiger partial charge in [-0.1, -0.05) is 61.4 Å². The van der Waals surface area contributed by atoms with Crippen molar-refractivity contribution in [3.05, 3.63) is 81.8 Å². The molecule has 1 aromatic carbocycles. The molecule has 9 nitrogen and oxygen atoms in total. The number of carbonyl (C=O) groups is 2. The predicted octanol–water partition coefficient (Wildman–Crippen LogP) is 5.17. The van der Waals surface area contributed by atoms with Crippen LogP contribution >= 0.6 is 11.6 Å². The zero-order valence-corrected chi connectivity index (χ0v) is 27.9. The lowest BCUT2D eigenvalue weighted by Crippen LogP contribution is -2.39. The zero-order valence-electron chi connectivity index (χ0n) is 27.1. The van der Waals surface area contributed by atoms with Crippen molar-refractivity contribution in [2.45, 2.75) is 71.9 Å². The molecule has 5 rings (SSSR count). The van der Waals surface area contributed by atoms with E-state index in [1.807, 2.05) is 70.2 Å². The fraction of sp³-hybridized carbons (Fsp3) is 0.514. The fourth-order valence-electron chi connectivity index (χ4n) is 5.69. The third-order valence-electron chi connectivity index (χ3n) is 8.08. The van der Waals surface area contributed by atoms with Gasteiger partial charge in [0.05, 0.1) is 37.6 Å². The van der Waals surface area contributed by atoms with Crippen LogP contribution in [-0.4, -0.2) is 85.5 Å². The van der Waals surface area contributed by atoms with Gasteiger partial charge in [-0.2, -0.15) is 5.10 Å². The quantitative estimate of drug-likeness (QED) is 0.243. The second-order valence-corrected chi connectivity index (χ2v) is 11.6. The van der Waals surface area contributed by atoms with Gasteiger partial charge in [0, 0.05) is 44.5 Å². The van der Waals surface area contributed by atoms with Gasteiger partial charge >= 0.3 is 0 Å². The van der Waals surface area contributed by atoms with Crippen LogP contribution in [0.5, 0.6) is 0 Å². The molecule has 0 spiro atoms. The van der Waals surface area contributed by atoms with Crippen molar-refractivity contribution in [2.75, 3.05) is 46.0 Å². The van der Waals surface area contributed by atoms with Gasteiger partial charge in [-0.15, -0.1) is 0 Å². The molecule has 2 N–H and O–H groups in total. The number of dihydropyridines is 1. The molecule has 2 atom stereocenters. The van der Waals surface area contributed by atoms with E-state index in [1.165, 1.54) is 0 Å². The fourth-order valence-corrected chi connectivity index (χ4v) is 5.99. The highest BCUT2D eigenvalue weighted by Gasteiger charge is 2.37. The lowest BCUT2D eigenvalue weighted by atomic mass is 9.91. The number of benzene rings is 1. The highest BCUT2D eigenvalue weighted by molar-refractivity contribution is 6.30. The summed E-state index contributed by atoms with van der Waals surface area (Å²) in [5.41, 5.74) is 4.85. The van der Waals surface area contributed by atoms with Crippen LogP contribution in [0.15, 0.2) is 75.7 Å². The Morgan fingerprint density at radius 1 is 1.11 bits per heavy atom. The molecule has 45 heavy (non-hydrogen) atoms. The number of rotatable bonds is 12. The van der Waals surface area contributed by atoms with Crippen LogP contribution < -0.4 is 10.6 Å². The van der Waals surface area contributed by atoms with E-state index in [0.29, 0.717) is 37.6 Å². The maximum Gasteiger partial charge on any atom is 0.243 e. The number of hydrogen-bond donors (Lipinski definition) is 2. The van der Waals surface area contributed by atoms with E-state index in [9.17, 15) is 9.59 Å². The van der Waals surface area contributed by atoms with E-state index in [0.717, 1.165) is 73.0 Å². The average molecular weight is 638 g/mol. The summed E-state index contributed by atoms with van der Waals surface area (Å²) in [4.78, 5) is 28.4. The highest BCUT2D eigenvalue weighted by Crippen LogP contribution is 2.34. The first-order chi connectivity index (χ1) is 21.9. The summed E-state index contributed by atoms with van der Waals surface area (Å²) in [5, 5.41) is 13.2. The van der Waals surface area contributed by atoms with Gasteiger partial charge in [0.1, 0.15) is 10.9 Å². The third-order valence-corrected chi connectivity index (χ3v) is 8.41. The molecule has 2 unspecified atom stereocenters. The molecule has 3 heterocycles. The first kappa shape index (κ1) is 34.5. The minimum Gasteiger partial charge on any atom is -0.494 e. The Balaban J connectivity index is 0.00000226. The van der Waals surface area contributed by atoms with Crippen molar-refractivity contribution in [3.63, 3.8) is 0 Å². The minimum absolute atomic E-state index is 0.0295. The van der Waals surface area contributed by atoms with Gasteiger partial charge in [-0.3, -0.25) is 14.5 Å². The summed E-state index contributed by atoms with van der Waals surface area (Å²) in [7, 11) is 0.